The number of aliphatic hydroxyl groups is 1. The second kappa shape index (κ2) is 5.15. The lowest BCUT2D eigenvalue weighted by molar-refractivity contribution is 0.265. The molecule has 2 aromatic rings. The van der Waals surface area contributed by atoms with Gasteiger partial charge < -0.3 is 15.4 Å². The number of hydrogen-bond acceptors (Lipinski definition) is 3. The quantitative estimate of drug-likeness (QED) is 0.880. The fourth-order valence-electron chi connectivity index (χ4n) is 2.86. The molecule has 1 atom stereocenters. The predicted molar refractivity (Wildman–Crippen MR) is 74.2 cm³/mol. The zero-order chi connectivity index (χ0) is 13.2. The number of fused-ring (bicyclic) bond motifs is 1. The van der Waals surface area contributed by atoms with Crippen molar-refractivity contribution in [2.24, 2.45) is 5.73 Å². The van der Waals surface area contributed by atoms with Crippen LogP contribution in [0.15, 0.2) is 30.7 Å². The Bertz CT molecular complexity index is 577. The topological polar surface area (TPSA) is 64.1 Å². The first-order valence-corrected chi connectivity index (χ1v) is 6.81. The van der Waals surface area contributed by atoms with Gasteiger partial charge in [0.25, 0.3) is 0 Å². The number of nitrogens with zero attached hydrogens (tertiary/aromatic N) is 2. The number of benzene rings is 1. The number of hydrogen-bond donors (Lipinski definition) is 2. The van der Waals surface area contributed by atoms with Crippen LogP contribution in [0.4, 0.5) is 0 Å². The van der Waals surface area contributed by atoms with Crippen LogP contribution in [0.1, 0.15) is 35.7 Å². The fourth-order valence-corrected chi connectivity index (χ4v) is 2.86. The molecular formula is C15H19N3O. The second-order valence-corrected chi connectivity index (χ2v) is 5.10. The van der Waals surface area contributed by atoms with Gasteiger partial charge in [0.1, 0.15) is 0 Å². The van der Waals surface area contributed by atoms with Crippen molar-refractivity contribution in [3.63, 3.8) is 0 Å². The molecule has 0 fully saturated rings. The van der Waals surface area contributed by atoms with Gasteiger partial charge in [-0.1, -0.05) is 12.1 Å². The molecule has 1 heterocycles. The van der Waals surface area contributed by atoms with E-state index in [2.05, 4.69) is 23.2 Å². The summed E-state index contributed by atoms with van der Waals surface area (Å²) in [6.07, 6.45) is 8.29. The number of rotatable bonds is 3. The Hall–Kier alpha value is -1.65. The number of aromatic nitrogens is 2. The lowest BCUT2D eigenvalue weighted by atomic mass is 9.90. The van der Waals surface area contributed by atoms with E-state index in [0.717, 1.165) is 24.2 Å². The largest absolute Gasteiger partial charge is 0.394 e. The van der Waals surface area contributed by atoms with E-state index in [1.165, 1.54) is 24.0 Å². The van der Waals surface area contributed by atoms with Crippen LogP contribution in [0.5, 0.6) is 0 Å². The molecule has 0 bridgehead atoms. The normalized spacial score (nSPS) is 16.1. The SMILES string of the molecule is NC(CO)c1cncn1-c1cccc2c1CCCC2. The Labute approximate surface area is 112 Å². The molecule has 3 rings (SSSR count). The molecule has 4 nitrogen and oxygen atoms in total. The van der Waals surface area contributed by atoms with Gasteiger partial charge >= 0.3 is 0 Å². The van der Waals surface area contributed by atoms with Crippen LogP contribution in [-0.4, -0.2) is 21.3 Å². The highest BCUT2D eigenvalue weighted by molar-refractivity contribution is 5.48. The number of imidazole rings is 1. The molecule has 100 valence electrons. The van der Waals surface area contributed by atoms with E-state index in [9.17, 15) is 5.11 Å². The average molecular weight is 257 g/mol. The molecule has 0 radical (unpaired) electrons. The monoisotopic (exact) mass is 257 g/mol. The van der Waals surface area contributed by atoms with Gasteiger partial charge in [-0.2, -0.15) is 0 Å². The second-order valence-electron chi connectivity index (χ2n) is 5.10. The predicted octanol–water partition coefficient (Wildman–Crippen LogP) is 1.74. The average Bonchev–Trinajstić information content (AvgIpc) is 2.95. The van der Waals surface area contributed by atoms with Crippen molar-refractivity contribution in [1.29, 1.82) is 0 Å². The van der Waals surface area contributed by atoms with Gasteiger partial charge in [-0.3, -0.25) is 0 Å². The molecule has 1 aromatic heterocycles. The molecule has 3 N–H and O–H groups in total. The summed E-state index contributed by atoms with van der Waals surface area (Å²) in [7, 11) is 0. The van der Waals surface area contributed by atoms with E-state index in [1.807, 2.05) is 4.57 Å². The lowest BCUT2D eigenvalue weighted by Gasteiger charge is -2.21. The maximum atomic E-state index is 9.25. The molecule has 1 unspecified atom stereocenters. The first-order valence-electron chi connectivity index (χ1n) is 6.81. The summed E-state index contributed by atoms with van der Waals surface area (Å²) in [6.45, 7) is -0.0687. The molecule has 19 heavy (non-hydrogen) atoms. The number of aliphatic hydroxyl groups excluding tert-OH is 1. The Balaban J connectivity index is 2.10. The third kappa shape index (κ3) is 2.17. The van der Waals surface area contributed by atoms with Crippen LogP contribution in [0, 0.1) is 0 Å². The van der Waals surface area contributed by atoms with Gasteiger partial charge in [0.2, 0.25) is 0 Å². The Morgan fingerprint density at radius 1 is 1.32 bits per heavy atom. The van der Waals surface area contributed by atoms with Crippen LogP contribution in [0.2, 0.25) is 0 Å². The molecule has 1 aliphatic rings. The molecule has 4 heteroatoms. The van der Waals surface area contributed by atoms with Crippen molar-refractivity contribution >= 4 is 0 Å². The smallest absolute Gasteiger partial charge is 0.0994 e. The standard InChI is InChI=1S/C15H19N3O/c16-13(9-19)15-8-17-10-18(15)14-7-3-5-11-4-1-2-6-12(11)14/h3,5,7-8,10,13,19H,1-2,4,6,9,16H2. The van der Waals surface area contributed by atoms with Gasteiger partial charge in [-0.25, -0.2) is 4.98 Å². The summed E-state index contributed by atoms with van der Waals surface area (Å²) in [5.74, 6) is 0. The minimum absolute atomic E-state index is 0.0687. The lowest BCUT2D eigenvalue weighted by Crippen LogP contribution is -2.19. The molecule has 0 amide bonds. The minimum atomic E-state index is -0.387. The molecule has 1 aromatic carbocycles. The molecule has 0 saturated carbocycles. The maximum Gasteiger partial charge on any atom is 0.0994 e. The van der Waals surface area contributed by atoms with Gasteiger partial charge in [0, 0.05) is 0 Å². The summed E-state index contributed by atoms with van der Waals surface area (Å²) >= 11 is 0. The summed E-state index contributed by atoms with van der Waals surface area (Å²) < 4.78 is 2.02. The van der Waals surface area contributed by atoms with E-state index in [4.69, 9.17) is 5.73 Å². The fraction of sp³-hybridized carbons (Fsp3) is 0.400. The van der Waals surface area contributed by atoms with Crippen molar-refractivity contribution in [3.8, 4) is 5.69 Å². The highest BCUT2D eigenvalue weighted by Crippen LogP contribution is 2.28. The summed E-state index contributed by atoms with van der Waals surface area (Å²) in [5.41, 5.74) is 10.8. The van der Waals surface area contributed by atoms with Crippen molar-refractivity contribution in [2.45, 2.75) is 31.7 Å². The molecule has 0 aliphatic heterocycles. The highest BCUT2D eigenvalue weighted by Gasteiger charge is 2.17. The molecule has 0 saturated heterocycles. The Kier molecular flexibility index (Phi) is 3.36. The third-order valence-corrected chi connectivity index (χ3v) is 3.87. The van der Waals surface area contributed by atoms with Gasteiger partial charge in [-0.15, -0.1) is 0 Å². The van der Waals surface area contributed by atoms with Crippen molar-refractivity contribution in [2.75, 3.05) is 6.61 Å². The van der Waals surface area contributed by atoms with Crippen molar-refractivity contribution in [1.82, 2.24) is 9.55 Å². The maximum absolute atomic E-state index is 9.25. The van der Waals surface area contributed by atoms with Gasteiger partial charge in [-0.05, 0) is 42.9 Å². The third-order valence-electron chi connectivity index (χ3n) is 3.87. The van der Waals surface area contributed by atoms with Gasteiger partial charge in [0.05, 0.1) is 36.6 Å². The number of aryl methyl sites for hydroxylation is 1. The first kappa shape index (κ1) is 12.4. The summed E-state index contributed by atoms with van der Waals surface area (Å²) in [4.78, 5) is 4.19. The summed E-state index contributed by atoms with van der Waals surface area (Å²) in [6, 6.07) is 6.02. The van der Waals surface area contributed by atoms with Crippen LogP contribution in [-0.2, 0) is 12.8 Å². The summed E-state index contributed by atoms with van der Waals surface area (Å²) in [5, 5.41) is 9.25. The van der Waals surface area contributed by atoms with E-state index in [-0.39, 0.29) is 12.6 Å². The van der Waals surface area contributed by atoms with Crippen LogP contribution >= 0.6 is 0 Å². The Morgan fingerprint density at radius 2 is 2.16 bits per heavy atom. The van der Waals surface area contributed by atoms with Crippen molar-refractivity contribution in [3.05, 3.63) is 47.5 Å². The van der Waals surface area contributed by atoms with E-state index < -0.39 is 0 Å². The molecule has 1 aliphatic carbocycles. The minimum Gasteiger partial charge on any atom is -0.394 e. The number of nitrogens with two attached hydrogens (primary N) is 1. The van der Waals surface area contributed by atoms with E-state index in [1.54, 1.807) is 12.5 Å². The van der Waals surface area contributed by atoms with E-state index >= 15 is 0 Å². The van der Waals surface area contributed by atoms with Gasteiger partial charge in [0.15, 0.2) is 0 Å². The zero-order valence-electron chi connectivity index (χ0n) is 10.9. The van der Waals surface area contributed by atoms with Crippen LogP contribution < -0.4 is 5.73 Å². The first-order chi connectivity index (χ1) is 9.31. The van der Waals surface area contributed by atoms with Crippen molar-refractivity contribution < 1.29 is 5.11 Å². The van der Waals surface area contributed by atoms with Crippen LogP contribution in [0.25, 0.3) is 5.69 Å². The van der Waals surface area contributed by atoms with E-state index in [0.29, 0.717) is 0 Å². The molecular weight excluding hydrogens is 238 g/mol. The zero-order valence-corrected chi connectivity index (χ0v) is 10.9. The molecule has 0 spiro atoms. The highest BCUT2D eigenvalue weighted by atomic mass is 16.3. The van der Waals surface area contributed by atoms with Crippen LogP contribution in [0.3, 0.4) is 0 Å². The Morgan fingerprint density at radius 3 is 3.00 bits per heavy atom.